The molecule has 0 unspecified atom stereocenters. The van der Waals surface area contributed by atoms with Crippen molar-refractivity contribution in [2.45, 2.75) is 19.9 Å². The maximum Gasteiger partial charge on any atom is 0.169 e. The first-order chi connectivity index (χ1) is 10.2. The molecule has 21 heavy (non-hydrogen) atoms. The summed E-state index contributed by atoms with van der Waals surface area (Å²) in [4.78, 5) is 12.1. The Hall–Kier alpha value is -2.39. The smallest absolute Gasteiger partial charge is 0.169 e. The van der Waals surface area contributed by atoms with E-state index in [0.29, 0.717) is 18.1 Å². The van der Waals surface area contributed by atoms with Crippen molar-refractivity contribution in [2.24, 2.45) is 0 Å². The maximum absolute atomic E-state index is 9.42. The lowest BCUT2D eigenvalue weighted by molar-refractivity contribution is 0.913. The molecule has 0 amide bonds. The van der Waals surface area contributed by atoms with Crippen molar-refractivity contribution in [3.63, 3.8) is 0 Å². The van der Waals surface area contributed by atoms with E-state index in [4.69, 9.17) is 0 Å². The van der Waals surface area contributed by atoms with Crippen LogP contribution in [0.2, 0.25) is 0 Å². The zero-order chi connectivity index (χ0) is 14.8. The van der Waals surface area contributed by atoms with Crippen molar-refractivity contribution in [3.8, 4) is 6.07 Å². The number of hydrogen-bond acceptors (Lipinski definition) is 5. The second-order valence-corrected chi connectivity index (χ2v) is 5.95. The Morgan fingerprint density at radius 3 is 3.00 bits per heavy atom. The summed E-state index contributed by atoms with van der Waals surface area (Å²) in [5.74, 6) is 0.704. The minimum atomic E-state index is 0.563. The number of anilines is 1. The molecule has 106 valence electrons. The second-order valence-electron chi connectivity index (χ2n) is 4.75. The Morgan fingerprint density at radius 2 is 2.29 bits per heavy atom. The third kappa shape index (κ3) is 2.48. The van der Waals surface area contributed by atoms with Crippen LogP contribution in [0.1, 0.15) is 22.5 Å². The normalized spacial score (nSPS) is 10.7. The highest BCUT2D eigenvalue weighted by Crippen LogP contribution is 2.23. The van der Waals surface area contributed by atoms with Gasteiger partial charge in [-0.2, -0.15) is 5.26 Å². The van der Waals surface area contributed by atoms with Gasteiger partial charge >= 0.3 is 0 Å². The van der Waals surface area contributed by atoms with E-state index in [0.717, 1.165) is 17.1 Å². The van der Waals surface area contributed by atoms with Crippen molar-refractivity contribution in [2.75, 3.05) is 11.9 Å². The molecule has 0 bridgehead atoms. The van der Waals surface area contributed by atoms with Gasteiger partial charge in [-0.05, 0) is 18.6 Å². The highest BCUT2D eigenvalue weighted by Gasteiger charge is 2.16. The fourth-order valence-electron chi connectivity index (χ4n) is 2.25. The first-order valence-corrected chi connectivity index (χ1v) is 7.56. The van der Waals surface area contributed by atoms with Gasteiger partial charge in [0.15, 0.2) is 11.5 Å². The van der Waals surface area contributed by atoms with Crippen LogP contribution >= 0.6 is 11.3 Å². The average Bonchev–Trinajstić information content (AvgIpc) is 3.10. The van der Waals surface area contributed by atoms with Crippen molar-refractivity contribution >= 4 is 22.8 Å². The van der Waals surface area contributed by atoms with Gasteiger partial charge in [0.05, 0.1) is 11.6 Å². The summed E-state index contributed by atoms with van der Waals surface area (Å²) in [6, 6.07) is 7.97. The number of pyridine rings is 1. The molecule has 3 rings (SSSR count). The maximum atomic E-state index is 9.42. The van der Waals surface area contributed by atoms with Crippen LogP contribution in [0.4, 0.5) is 5.82 Å². The molecule has 0 fully saturated rings. The van der Waals surface area contributed by atoms with E-state index in [1.165, 1.54) is 4.88 Å². The largest absolute Gasteiger partial charge is 0.352 e. The molecule has 0 radical (unpaired) electrons. The minimum absolute atomic E-state index is 0.563. The second kappa shape index (κ2) is 5.54. The number of thiazole rings is 1. The van der Waals surface area contributed by atoms with Crippen LogP contribution in [0.5, 0.6) is 0 Å². The number of fused-ring (bicyclic) bond motifs is 1. The van der Waals surface area contributed by atoms with Crippen molar-refractivity contribution in [3.05, 3.63) is 46.2 Å². The fourth-order valence-corrected chi connectivity index (χ4v) is 3.16. The van der Waals surface area contributed by atoms with Crippen molar-refractivity contribution < 1.29 is 0 Å². The third-order valence-corrected chi connectivity index (χ3v) is 4.40. The Bertz CT molecular complexity index is 811. The Labute approximate surface area is 127 Å². The van der Waals surface area contributed by atoms with Gasteiger partial charge in [-0.25, -0.2) is 9.97 Å². The van der Waals surface area contributed by atoms with E-state index in [1.54, 1.807) is 11.3 Å². The van der Waals surface area contributed by atoms with Crippen LogP contribution in [0.15, 0.2) is 30.6 Å². The van der Waals surface area contributed by atoms with Gasteiger partial charge in [0, 0.05) is 24.3 Å². The lowest BCUT2D eigenvalue weighted by Gasteiger charge is -2.15. The van der Waals surface area contributed by atoms with Gasteiger partial charge in [-0.15, -0.1) is 11.3 Å². The van der Waals surface area contributed by atoms with Crippen molar-refractivity contribution in [1.82, 2.24) is 14.4 Å². The lowest BCUT2D eigenvalue weighted by Crippen LogP contribution is -2.17. The minimum Gasteiger partial charge on any atom is -0.352 e. The quantitative estimate of drug-likeness (QED) is 0.743. The molecule has 0 aliphatic rings. The predicted molar refractivity (Wildman–Crippen MR) is 83.5 cm³/mol. The van der Waals surface area contributed by atoms with E-state index < -0.39 is 0 Å². The first kappa shape index (κ1) is 13.6. The third-order valence-electron chi connectivity index (χ3n) is 3.28. The van der Waals surface area contributed by atoms with Crippen LogP contribution in [0, 0.1) is 11.3 Å². The monoisotopic (exact) mass is 297 g/mol. The van der Waals surface area contributed by atoms with Gasteiger partial charge < -0.3 is 4.90 Å². The van der Waals surface area contributed by atoms with E-state index >= 15 is 0 Å². The summed E-state index contributed by atoms with van der Waals surface area (Å²) < 4.78 is 1.82. The van der Waals surface area contributed by atoms with Gasteiger partial charge in [0.25, 0.3) is 0 Å². The summed E-state index contributed by atoms with van der Waals surface area (Å²) in [6.45, 7) is 2.80. The van der Waals surface area contributed by atoms with Gasteiger partial charge in [0.1, 0.15) is 11.7 Å². The zero-order valence-electron chi connectivity index (χ0n) is 11.9. The van der Waals surface area contributed by atoms with Crippen LogP contribution in [-0.4, -0.2) is 21.4 Å². The summed E-state index contributed by atoms with van der Waals surface area (Å²) in [5.41, 5.74) is 1.35. The Kier molecular flexibility index (Phi) is 3.59. The molecule has 0 N–H and O–H groups in total. The van der Waals surface area contributed by atoms with Gasteiger partial charge in [0.2, 0.25) is 0 Å². The average molecular weight is 297 g/mol. The van der Waals surface area contributed by atoms with Crippen LogP contribution in [0.25, 0.3) is 5.65 Å². The molecular formula is C15H15N5S. The molecule has 6 heteroatoms. The zero-order valence-corrected chi connectivity index (χ0v) is 12.8. The summed E-state index contributed by atoms with van der Waals surface area (Å²) >= 11 is 1.71. The number of aromatic nitrogens is 3. The highest BCUT2D eigenvalue weighted by atomic mass is 32.1. The molecule has 0 saturated heterocycles. The highest BCUT2D eigenvalue weighted by molar-refractivity contribution is 7.11. The number of imidazole rings is 1. The molecule has 0 aliphatic heterocycles. The summed E-state index contributed by atoms with van der Waals surface area (Å²) in [5, 5.41) is 10.5. The van der Waals surface area contributed by atoms with Crippen LogP contribution in [-0.2, 0) is 13.0 Å². The van der Waals surface area contributed by atoms with E-state index in [1.807, 2.05) is 46.9 Å². The molecule has 3 heterocycles. The Morgan fingerprint density at radius 1 is 1.43 bits per heavy atom. The molecule has 0 spiro atoms. The molecule has 0 saturated carbocycles. The first-order valence-electron chi connectivity index (χ1n) is 6.74. The molecule has 3 aromatic rings. The molecule has 3 aromatic heterocycles. The van der Waals surface area contributed by atoms with E-state index in [9.17, 15) is 5.26 Å². The number of hydrogen-bond donors (Lipinski definition) is 0. The summed E-state index contributed by atoms with van der Waals surface area (Å²) in [6.07, 6.45) is 4.72. The van der Waals surface area contributed by atoms with Crippen LogP contribution in [0.3, 0.4) is 0 Å². The van der Waals surface area contributed by atoms with Gasteiger partial charge in [-0.3, -0.25) is 4.40 Å². The fraction of sp³-hybridized carbons (Fsp3) is 0.267. The topological polar surface area (TPSA) is 57.2 Å². The number of nitrogens with zero attached hydrogens (tertiary/aromatic N) is 5. The van der Waals surface area contributed by atoms with Gasteiger partial charge in [-0.1, -0.05) is 13.0 Å². The predicted octanol–water partition coefficient (Wildman–Crippen LogP) is 2.86. The Balaban J connectivity index is 1.94. The van der Waals surface area contributed by atoms with E-state index in [2.05, 4.69) is 23.0 Å². The van der Waals surface area contributed by atoms with E-state index in [-0.39, 0.29) is 0 Å². The molecule has 0 aromatic carbocycles. The standard InChI is InChI=1S/C15H15N5S/c1-3-14-17-9-11(21-14)10-19(2)15-12(8-16)20-7-5-4-6-13(20)18-15/h4-7,9H,3,10H2,1-2H3. The lowest BCUT2D eigenvalue weighted by atomic mass is 10.4. The SMILES string of the molecule is CCc1ncc(CN(C)c2nc3ccccn3c2C#N)s1. The van der Waals surface area contributed by atoms with Crippen LogP contribution < -0.4 is 4.90 Å². The molecule has 0 atom stereocenters. The molecule has 5 nitrogen and oxygen atoms in total. The number of aryl methyl sites for hydroxylation is 1. The number of nitriles is 1. The van der Waals surface area contributed by atoms with Crippen molar-refractivity contribution in [1.29, 1.82) is 5.26 Å². The summed E-state index contributed by atoms with van der Waals surface area (Å²) in [7, 11) is 1.95. The number of rotatable bonds is 4. The molecule has 0 aliphatic carbocycles. The molecular weight excluding hydrogens is 282 g/mol.